The van der Waals surface area contributed by atoms with Gasteiger partial charge in [0.05, 0.1) is 11.4 Å². The van der Waals surface area contributed by atoms with E-state index in [9.17, 15) is 9.59 Å². The average molecular weight is 500 g/mol. The lowest BCUT2D eigenvalue weighted by molar-refractivity contribution is -0.129. The predicted octanol–water partition coefficient (Wildman–Crippen LogP) is 4.54. The van der Waals surface area contributed by atoms with Gasteiger partial charge in [0.2, 0.25) is 5.91 Å². The topological polar surface area (TPSA) is 73.0 Å². The highest BCUT2D eigenvalue weighted by molar-refractivity contribution is 7.99. The standard InChI is InChI=1S/C28H29N5O2S/c34-24(32(21-15-16-21)18-20-10-4-1-5-11-20)19-36-28-29-26-25(23-14-8-3-9-17-31(23)28)27(35)33(30-26)22-12-6-2-7-13-22/h1-2,4-7,10-13,21H,3,8-9,14-19H2. The number of hydrogen-bond acceptors (Lipinski definition) is 5. The van der Waals surface area contributed by atoms with Crippen LogP contribution in [-0.4, -0.2) is 41.9 Å². The van der Waals surface area contributed by atoms with Crippen molar-refractivity contribution in [1.82, 2.24) is 24.2 Å². The molecule has 1 aliphatic carbocycles. The Morgan fingerprint density at radius 2 is 1.75 bits per heavy atom. The number of hydrogen-bond donors (Lipinski definition) is 0. The summed E-state index contributed by atoms with van der Waals surface area (Å²) in [6, 6.07) is 20.0. The van der Waals surface area contributed by atoms with Gasteiger partial charge >= 0.3 is 0 Å². The molecule has 3 heterocycles. The van der Waals surface area contributed by atoms with Crippen molar-refractivity contribution in [2.24, 2.45) is 0 Å². The van der Waals surface area contributed by atoms with Crippen molar-refractivity contribution >= 4 is 17.7 Å². The van der Waals surface area contributed by atoms with Crippen LogP contribution in [0.5, 0.6) is 0 Å². The van der Waals surface area contributed by atoms with Gasteiger partial charge in [0.15, 0.2) is 11.0 Å². The molecule has 6 rings (SSSR count). The molecule has 4 aliphatic rings. The maximum Gasteiger partial charge on any atom is 0.284 e. The SMILES string of the molecule is O=C(CSc1nc2nn(-c3ccccc3)c(=O)c-2c2n1CCCCC2)N(Cc1ccccc1)C1CC1. The summed E-state index contributed by atoms with van der Waals surface area (Å²) >= 11 is 1.47. The van der Waals surface area contributed by atoms with E-state index >= 15 is 0 Å². The molecule has 1 saturated carbocycles. The van der Waals surface area contributed by atoms with E-state index in [2.05, 4.69) is 21.8 Å². The van der Waals surface area contributed by atoms with Gasteiger partial charge in [-0.2, -0.15) is 4.68 Å². The molecule has 184 valence electrons. The van der Waals surface area contributed by atoms with Crippen LogP contribution in [0.15, 0.2) is 70.6 Å². The summed E-state index contributed by atoms with van der Waals surface area (Å²) in [7, 11) is 0. The van der Waals surface area contributed by atoms with Crippen LogP contribution >= 0.6 is 11.8 Å². The minimum atomic E-state index is -0.121. The van der Waals surface area contributed by atoms with Crippen LogP contribution in [-0.2, 0) is 24.3 Å². The summed E-state index contributed by atoms with van der Waals surface area (Å²) in [4.78, 5) is 33.6. The van der Waals surface area contributed by atoms with E-state index in [0.717, 1.165) is 67.2 Å². The second-order valence-electron chi connectivity index (χ2n) is 9.58. The number of carbonyl (C=O) groups is 1. The molecule has 0 atom stereocenters. The molecule has 7 nitrogen and oxygen atoms in total. The Morgan fingerprint density at radius 1 is 1.00 bits per heavy atom. The van der Waals surface area contributed by atoms with Crippen LogP contribution in [0.2, 0.25) is 0 Å². The van der Waals surface area contributed by atoms with Gasteiger partial charge < -0.3 is 9.47 Å². The van der Waals surface area contributed by atoms with E-state index in [1.807, 2.05) is 53.4 Å². The van der Waals surface area contributed by atoms with E-state index < -0.39 is 0 Å². The molecule has 0 unspecified atom stereocenters. The lowest BCUT2D eigenvalue weighted by Crippen LogP contribution is -2.34. The zero-order valence-electron chi connectivity index (χ0n) is 20.2. The van der Waals surface area contributed by atoms with Crippen LogP contribution in [0, 0.1) is 0 Å². The summed E-state index contributed by atoms with van der Waals surface area (Å²) in [5.74, 6) is 0.927. The Labute approximate surface area is 214 Å². The highest BCUT2D eigenvalue weighted by Gasteiger charge is 2.33. The first-order valence-electron chi connectivity index (χ1n) is 12.7. The predicted molar refractivity (Wildman–Crippen MR) is 141 cm³/mol. The van der Waals surface area contributed by atoms with Gasteiger partial charge in [-0.25, -0.2) is 4.98 Å². The first-order valence-corrected chi connectivity index (χ1v) is 13.7. The van der Waals surface area contributed by atoms with Crippen LogP contribution in [0.25, 0.3) is 17.1 Å². The van der Waals surface area contributed by atoms with Gasteiger partial charge in [0.1, 0.15) is 5.56 Å². The summed E-state index contributed by atoms with van der Waals surface area (Å²) < 4.78 is 3.63. The molecule has 0 aromatic heterocycles. The molecule has 0 N–H and O–H groups in total. The Morgan fingerprint density at radius 3 is 2.50 bits per heavy atom. The largest absolute Gasteiger partial charge is 0.335 e. The van der Waals surface area contributed by atoms with Gasteiger partial charge in [-0.1, -0.05) is 66.7 Å². The van der Waals surface area contributed by atoms with Crippen LogP contribution in [0.4, 0.5) is 0 Å². The number of fused-ring (bicyclic) bond motifs is 3. The number of aromatic nitrogens is 4. The average Bonchev–Trinajstić information content (AvgIpc) is 3.73. The number of para-hydroxylation sites is 1. The van der Waals surface area contributed by atoms with Gasteiger partial charge in [0.25, 0.3) is 5.56 Å². The summed E-state index contributed by atoms with van der Waals surface area (Å²) in [5, 5.41) is 5.39. The molecule has 36 heavy (non-hydrogen) atoms. The molecule has 0 spiro atoms. The molecule has 0 bridgehead atoms. The van der Waals surface area contributed by atoms with Gasteiger partial charge in [0, 0.05) is 24.8 Å². The maximum absolute atomic E-state index is 13.4. The third kappa shape index (κ3) is 4.57. The number of nitrogens with zero attached hydrogens (tertiary/aromatic N) is 5. The summed E-state index contributed by atoms with van der Waals surface area (Å²) in [5.41, 5.74) is 3.38. The zero-order valence-corrected chi connectivity index (χ0v) is 21.0. The van der Waals surface area contributed by atoms with Crippen LogP contribution < -0.4 is 5.56 Å². The van der Waals surface area contributed by atoms with E-state index in [1.54, 1.807) is 0 Å². The van der Waals surface area contributed by atoms with Gasteiger partial charge in [-0.15, -0.1) is 5.10 Å². The summed E-state index contributed by atoms with van der Waals surface area (Å²) in [6.45, 7) is 1.45. The fourth-order valence-electron chi connectivity index (χ4n) is 5.00. The first kappa shape index (κ1) is 23.0. The summed E-state index contributed by atoms with van der Waals surface area (Å²) in [6.07, 6.45) is 6.14. The molecule has 0 radical (unpaired) electrons. The molecule has 1 fully saturated rings. The van der Waals surface area contributed by atoms with Crippen molar-refractivity contribution < 1.29 is 4.79 Å². The van der Waals surface area contributed by atoms with E-state index in [-0.39, 0.29) is 11.5 Å². The second-order valence-corrected chi connectivity index (χ2v) is 10.5. The lowest BCUT2D eigenvalue weighted by Gasteiger charge is -2.23. The Bertz CT molecular complexity index is 1390. The number of benzene rings is 2. The van der Waals surface area contributed by atoms with Crippen LogP contribution in [0.1, 0.15) is 43.4 Å². The number of amides is 1. The van der Waals surface area contributed by atoms with Crippen molar-refractivity contribution in [2.75, 3.05) is 5.75 Å². The quantitative estimate of drug-likeness (QED) is 0.276. The van der Waals surface area contributed by atoms with Crippen molar-refractivity contribution in [3.63, 3.8) is 0 Å². The Kier molecular flexibility index (Phi) is 6.35. The van der Waals surface area contributed by atoms with Crippen molar-refractivity contribution in [2.45, 2.75) is 62.8 Å². The maximum atomic E-state index is 13.4. The second kappa shape index (κ2) is 9.93. The molecule has 0 saturated heterocycles. The Hall–Kier alpha value is -3.39. The van der Waals surface area contributed by atoms with Gasteiger partial charge in [-0.05, 0) is 49.8 Å². The highest BCUT2D eigenvalue weighted by atomic mass is 32.2. The molecule has 1 amide bonds. The zero-order chi connectivity index (χ0) is 24.5. The van der Waals surface area contributed by atoms with Crippen LogP contribution in [0.3, 0.4) is 0 Å². The van der Waals surface area contributed by atoms with E-state index in [1.165, 1.54) is 16.4 Å². The highest BCUT2D eigenvalue weighted by Crippen LogP contribution is 2.32. The number of thioether (sulfide) groups is 1. The van der Waals surface area contributed by atoms with Gasteiger partial charge in [-0.3, -0.25) is 9.59 Å². The smallest absolute Gasteiger partial charge is 0.284 e. The fraction of sp³-hybridized carbons (Fsp3) is 0.357. The normalized spacial score (nSPS) is 15.4. The minimum absolute atomic E-state index is 0.121. The third-order valence-corrected chi connectivity index (χ3v) is 7.96. The van der Waals surface area contributed by atoms with Crippen molar-refractivity contribution in [1.29, 1.82) is 0 Å². The molecule has 2 aromatic carbocycles. The third-order valence-electron chi connectivity index (χ3n) is 7.00. The lowest BCUT2D eigenvalue weighted by atomic mass is 10.1. The number of carbonyl (C=O) groups excluding carboxylic acids is 1. The Balaban J connectivity index is 1.31. The monoisotopic (exact) mass is 499 g/mol. The molecular weight excluding hydrogens is 470 g/mol. The van der Waals surface area contributed by atoms with Crippen molar-refractivity contribution in [3.05, 3.63) is 82.3 Å². The molecule has 8 heteroatoms. The number of rotatable bonds is 7. The van der Waals surface area contributed by atoms with E-state index in [4.69, 9.17) is 4.98 Å². The molecule has 2 aromatic rings. The fourth-order valence-corrected chi connectivity index (χ4v) is 5.93. The minimum Gasteiger partial charge on any atom is -0.335 e. The first-order chi connectivity index (χ1) is 17.7. The van der Waals surface area contributed by atoms with Crippen molar-refractivity contribution in [3.8, 4) is 17.1 Å². The van der Waals surface area contributed by atoms with E-state index in [0.29, 0.717) is 29.7 Å². The molecule has 3 aliphatic heterocycles. The molecular formula is C28H29N5O2S.